The number of carbonyl (C=O) groups excluding carboxylic acids is 3. The number of ether oxygens (including phenoxy) is 1. The van der Waals surface area contributed by atoms with Crippen LogP contribution in [0.2, 0.25) is 0 Å². The summed E-state index contributed by atoms with van der Waals surface area (Å²) in [5.74, 6) is -0.184. The van der Waals surface area contributed by atoms with Crippen molar-refractivity contribution in [2.24, 2.45) is 0 Å². The van der Waals surface area contributed by atoms with Crippen LogP contribution in [-0.4, -0.2) is 72.0 Å². The molecule has 0 bridgehead atoms. The van der Waals surface area contributed by atoms with Gasteiger partial charge >= 0.3 is 0 Å². The zero-order valence-electron chi connectivity index (χ0n) is 17.5. The van der Waals surface area contributed by atoms with Crippen molar-refractivity contribution in [3.05, 3.63) is 0 Å². The smallest absolute Gasteiger partial charge is 0.293 e. The average Bonchev–Trinajstić information content (AvgIpc) is 3.09. The van der Waals surface area contributed by atoms with Crippen LogP contribution in [0.15, 0.2) is 0 Å². The molecular formula is C19H35N3O4S. The van der Waals surface area contributed by atoms with Gasteiger partial charge in [0.05, 0.1) is 6.04 Å². The molecule has 2 unspecified atom stereocenters. The minimum absolute atomic E-state index is 0.0165. The molecule has 156 valence electrons. The lowest BCUT2D eigenvalue weighted by atomic mass is 9.99. The van der Waals surface area contributed by atoms with Gasteiger partial charge in [0.25, 0.3) is 6.47 Å². The van der Waals surface area contributed by atoms with Crippen molar-refractivity contribution < 1.29 is 19.1 Å². The SMILES string of the molecule is CNC(C)(C)CC(=O)N1CCCC1C(=O)NC(COC=O)CC(C)(C)SC. The molecule has 0 saturated carbocycles. The molecular weight excluding hydrogens is 366 g/mol. The predicted octanol–water partition coefficient (Wildman–Crippen LogP) is 1.56. The monoisotopic (exact) mass is 401 g/mol. The fourth-order valence-electron chi connectivity index (χ4n) is 3.19. The molecule has 2 N–H and O–H groups in total. The van der Waals surface area contributed by atoms with E-state index < -0.39 is 6.04 Å². The third-order valence-corrected chi connectivity index (χ3v) is 6.42. The number of nitrogens with zero attached hydrogens (tertiary/aromatic N) is 1. The number of thioether (sulfide) groups is 1. The summed E-state index contributed by atoms with van der Waals surface area (Å²) in [7, 11) is 1.83. The molecule has 0 aromatic heterocycles. The lowest BCUT2D eigenvalue weighted by Crippen LogP contribution is -2.52. The van der Waals surface area contributed by atoms with Gasteiger partial charge in [0.2, 0.25) is 11.8 Å². The number of hydrogen-bond donors (Lipinski definition) is 2. The third kappa shape index (κ3) is 7.70. The molecule has 0 spiro atoms. The fraction of sp³-hybridized carbons (Fsp3) is 0.842. The molecule has 1 aliphatic rings. The van der Waals surface area contributed by atoms with Crippen molar-refractivity contribution in [1.29, 1.82) is 0 Å². The van der Waals surface area contributed by atoms with E-state index in [2.05, 4.69) is 24.5 Å². The van der Waals surface area contributed by atoms with E-state index in [1.165, 1.54) is 0 Å². The predicted molar refractivity (Wildman–Crippen MR) is 109 cm³/mol. The van der Waals surface area contributed by atoms with Crippen LogP contribution >= 0.6 is 11.8 Å². The fourth-order valence-corrected chi connectivity index (χ4v) is 3.55. The molecule has 2 atom stereocenters. The summed E-state index contributed by atoms with van der Waals surface area (Å²) >= 11 is 1.70. The Bertz CT molecular complexity index is 525. The Morgan fingerprint density at radius 3 is 2.56 bits per heavy atom. The van der Waals surface area contributed by atoms with E-state index in [4.69, 9.17) is 4.74 Å². The van der Waals surface area contributed by atoms with Crippen LogP contribution in [0.3, 0.4) is 0 Å². The topological polar surface area (TPSA) is 87.7 Å². The van der Waals surface area contributed by atoms with Gasteiger partial charge in [0.15, 0.2) is 0 Å². The first kappa shape index (κ1) is 23.8. The van der Waals surface area contributed by atoms with Gasteiger partial charge in [-0.2, -0.15) is 11.8 Å². The summed E-state index contributed by atoms with van der Waals surface area (Å²) < 4.78 is 4.85. The Kier molecular flexibility index (Phi) is 9.08. The summed E-state index contributed by atoms with van der Waals surface area (Å²) in [6.45, 7) is 9.23. The van der Waals surface area contributed by atoms with Crippen molar-refractivity contribution >= 4 is 30.0 Å². The Hall–Kier alpha value is -1.28. The van der Waals surface area contributed by atoms with Gasteiger partial charge in [0, 0.05) is 23.3 Å². The third-order valence-electron chi connectivity index (χ3n) is 5.15. The zero-order valence-corrected chi connectivity index (χ0v) is 18.3. The molecule has 0 aliphatic carbocycles. The maximum atomic E-state index is 12.9. The van der Waals surface area contributed by atoms with Crippen molar-refractivity contribution in [2.45, 2.75) is 75.7 Å². The van der Waals surface area contributed by atoms with E-state index >= 15 is 0 Å². The zero-order chi connectivity index (χ0) is 20.7. The van der Waals surface area contributed by atoms with Crippen LogP contribution in [0.1, 0.15) is 53.4 Å². The van der Waals surface area contributed by atoms with Crippen molar-refractivity contribution in [1.82, 2.24) is 15.5 Å². The molecule has 8 heteroatoms. The molecule has 0 aromatic carbocycles. The van der Waals surface area contributed by atoms with Crippen molar-refractivity contribution in [2.75, 3.05) is 26.5 Å². The Labute approximate surface area is 167 Å². The van der Waals surface area contributed by atoms with Gasteiger partial charge in [-0.05, 0) is 46.4 Å². The molecule has 7 nitrogen and oxygen atoms in total. The van der Waals surface area contributed by atoms with Gasteiger partial charge in [0.1, 0.15) is 12.6 Å². The van der Waals surface area contributed by atoms with Gasteiger partial charge in [-0.1, -0.05) is 13.8 Å². The molecule has 1 heterocycles. The van der Waals surface area contributed by atoms with Crippen molar-refractivity contribution in [3.8, 4) is 0 Å². The Morgan fingerprint density at radius 1 is 1.33 bits per heavy atom. The normalized spacial score (nSPS) is 18.9. The molecule has 1 fully saturated rings. The quantitative estimate of drug-likeness (QED) is 0.511. The summed E-state index contributed by atoms with van der Waals surface area (Å²) in [5.41, 5.74) is -0.316. The van der Waals surface area contributed by atoms with Crippen LogP contribution in [0.25, 0.3) is 0 Å². The second kappa shape index (κ2) is 10.3. The highest BCUT2D eigenvalue weighted by atomic mass is 32.2. The maximum absolute atomic E-state index is 12.9. The summed E-state index contributed by atoms with van der Waals surface area (Å²) in [5, 5.41) is 6.13. The molecule has 1 saturated heterocycles. The number of rotatable bonds is 11. The molecule has 0 aromatic rings. The Balaban J connectivity index is 2.78. The highest BCUT2D eigenvalue weighted by molar-refractivity contribution is 7.99. The lowest BCUT2D eigenvalue weighted by Gasteiger charge is -2.32. The van der Waals surface area contributed by atoms with Crippen LogP contribution in [-0.2, 0) is 19.1 Å². The summed E-state index contributed by atoms with van der Waals surface area (Å²) in [4.78, 5) is 37.8. The number of hydrogen-bond acceptors (Lipinski definition) is 6. The number of carbonyl (C=O) groups is 3. The molecule has 1 rings (SSSR count). The second-order valence-electron chi connectivity index (χ2n) is 8.36. The lowest BCUT2D eigenvalue weighted by molar-refractivity contribution is -0.140. The molecule has 2 amide bonds. The van der Waals surface area contributed by atoms with Gasteiger partial charge < -0.3 is 20.3 Å². The highest BCUT2D eigenvalue weighted by Crippen LogP contribution is 2.27. The first-order valence-electron chi connectivity index (χ1n) is 9.44. The first-order valence-corrected chi connectivity index (χ1v) is 10.7. The molecule has 27 heavy (non-hydrogen) atoms. The number of amides is 2. The standard InChI is InChI=1S/C19H35N3O4S/c1-18(2,20-5)11-16(24)22-9-7-8-15(22)17(25)21-14(12-26-13-23)10-19(3,4)27-6/h13-15,20H,7-12H2,1-6H3,(H,21,25). The largest absolute Gasteiger partial charge is 0.466 e. The van der Waals surface area contributed by atoms with Crippen LogP contribution < -0.4 is 10.6 Å². The van der Waals surface area contributed by atoms with E-state index in [-0.39, 0.29) is 34.7 Å². The molecule has 1 aliphatic heterocycles. The minimum Gasteiger partial charge on any atom is -0.466 e. The summed E-state index contributed by atoms with van der Waals surface area (Å²) in [6, 6.07) is -0.738. The van der Waals surface area contributed by atoms with Gasteiger partial charge in [-0.15, -0.1) is 0 Å². The van der Waals surface area contributed by atoms with E-state index in [1.54, 1.807) is 16.7 Å². The van der Waals surface area contributed by atoms with E-state index in [0.717, 1.165) is 6.42 Å². The molecule has 0 radical (unpaired) electrons. The maximum Gasteiger partial charge on any atom is 0.293 e. The number of likely N-dealkylation sites (tertiary alicyclic amines) is 1. The van der Waals surface area contributed by atoms with E-state index in [1.807, 2.05) is 27.2 Å². The van der Waals surface area contributed by atoms with Gasteiger partial charge in [-0.3, -0.25) is 14.4 Å². The summed E-state index contributed by atoms with van der Waals surface area (Å²) in [6.07, 6.45) is 4.49. The van der Waals surface area contributed by atoms with Crippen LogP contribution in [0.5, 0.6) is 0 Å². The van der Waals surface area contributed by atoms with Gasteiger partial charge in [-0.25, -0.2) is 0 Å². The Morgan fingerprint density at radius 2 is 2.00 bits per heavy atom. The van der Waals surface area contributed by atoms with Crippen LogP contribution in [0.4, 0.5) is 0 Å². The second-order valence-corrected chi connectivity index (χ2v) is 9.87. The van der Waals surface area contributed by atoms with Crippen molar-refractivity contribution in [3.63, 3.8) is 0 Å². The minimum atomic E-state index is -0.457. The first-order chi connectivity index (χ1) is 12.5. The number of nitrogens with one attached hydrogen (secondary N) is 2. The van der Waals surface area contributed by atoms with E-state index in [9.17, 15) is 14.4 Å². The highest BCUT2D eigenvalue weighted by Gasteiger charge is 2.37. The average molecular weight is 402 g/mol. The van der Waals surface area contributed by atoms with E-state index in [0.29, 0.717) is 32.3 Å². The van der Waals surface area contributed by atoms with Crippen LogP contribution in [0, 0.1) is 0 Å².